The van der Waals surface area contributed by atoms with Crippen LogP contribution in [0.25, 0.3) is 0 Å². The summed E-state index contributed by atoms with van der Waals surface area (Å²) in [6.45, 7) is 4.31. The molecule has 0 saturated heterocycles. The van der Waals surface area contributed by atoms with Crippen molar-refractivity contribution in [2.45, 2.75) is 52.0 Å². The molecule has 1 atom stereocenters. The van der Waals surface area contributed by atoms with Crippen LogP contribution in [0, 0.1) is 13.8 Å². The molecule has 0 fully saturated rings. The second kappa shape index (κ2) is 5.50. The lowest BCUT2D eigenvalue weighted by atomic mass is 9.90. The summed E-state index contributed by atoms with van der Waals surface area (Å²) in [7, 11) is 0. The molecule has 0 aromatic heterocycles. The summed E-state index contributed by atoms with van der Waals surface area (Å²) < 4.78 is 0. The zero-order valence-corrected chi connectivity index (χ0v) is 11.0. The van der Waals surface area contributed by atoms with Gasteiger partial charge < -0.3 is 5.73 Å². The van der Waals surface area contributed by atoms with Gasteiger partial charge in [0.2, 0.25) is 0 Å². The summed E-state index contributed by atoms with van der Waals surface area (Å²) in [6, 6.07) is 6.96. The number of aryl methyl sites for hydroxylation is 2. The Kier molecular flexibility index (Phi) is 4.01. The van der Waals surface area contributed by atoms with Gasteiger partial charge in [0.05, 0.1) is 0 Å². The smallest absolute Gasteiger partial charge is 0.0294 e. The Bertz CT molecular complexity index is 397. The third-order valence-corrected chi connectivity index (χ3v) is 3.54. The molecule has 0 radical (unpaired) electrons. The first-order chi connectivity index (χ1) is 8.15. The van der Waals surface area contributed by atoms with E-state index in [2.05, 4.69) is 38.1 Å². The molecule has 0 aliphatic heterocycles. The van der Waals surface area contributed by atoms with Gasteiger partial charge in [0.25, 0.3) is 0 Å². The van der Waals surface area contributed by atoms with Crippen molar-refractivity contribution in [1.29, 1.82) is 0 Å². The van der Waals surface area contributed by atoms with Crippen LogP contribution in [-0.2, 0) is 6.42 Å². The lowest BCUT2D eigenvalue weighted by molar-refractivity contribution is 0.630. The molecule has 1 nitrogen and oxygen atoms in total. The van der Waals surface area contributed by atoms with Gasteiger partial charge in [0.1, 0.15) is 0 Å². The fourth-order valence-corrected chi connectivity index (χ4v) is 2.77. The van der Waals surface area contributed by atoms with Crippen LogP contribution in [0.15, 0.2) is 29.8 Å². The van der Waals surface area contributed by atoms with Crippen LogP contribution < -0.4 is 5.73 Å². The Morgan fingerprint density at radius 1 is 1.12 bits per heavy atom. The van der Waals surface area contributed by atoms with E-state index in [9.17, 15) is 0 Å². The standard InChI is InChI=1S/C16H23N/c1-12-8-13(2)10-14(9-12)11-16(17)15-6-4-3-5-7-15/h6,8-10,16H,3-5,7,11,17H2,1-2H3. The van der Waals surface area contributed by atoms with E-state index in [-0.39, 0.29) is 6.04 Å². The second-order valence-electron chi connectivity index (χ2n) is 5.33. The minimum absolute atomic E-state index is 0.219. The lowest BCUT2D eigenvalue weighted by Gasteiger charge is -2.20. The number of rotatable bonds is 3. The summed E-state index contributed by atoms with van der Waals surface area (Å²) in [5.74, 6) is 0. The van der Waals surface area contributed by atoms with Gasteiger partial charge in [-0.25, -0.2) is 0 Å². The van der Waals surface area contributed by atoms with E-state index in [1.165, 1.54) is 47.9 Å². The van der Waals surface area contributed by atoms with Gasteiger partial charge in [-0.15, -0.1) is 0 Å². The van der Waals surface area contributed by atoms with Crippen molar-refractivity contribution in [2.75, 3.05) is 0 Å². The highest BCUT2D eigenvalue weighted by atomic mass is 14.6. The first kappa shape index (κ1) is 12.4. The Hall–Kier alpha value is -1.08. The minimum Gasteiger partial charge on any atom is -0.324 e. The van der Waals surface area contributed by atoms with Crippen molar-refractivity contribution in [3.63, 3.8) is 0 Å². The summed E-state index contributed by atoms with van der Waals surface area (Å²) in [5, 5.41) is 0. The molecule has 1 aliphatic carbocycles. The fourth-order valence-electron chi connectivity index (χ4n) is 2.77. The normalized spacial score (nSPS) is 17.7. The van der Waals surface area contributed by atoms with Crippen LogP contribution in [0.3, 0.4) is 0 Å². The number of nitrogens with two attached hydrogens (primary N) is 1. The second-order valence-corrected chi connectivity index (χ2v) is 5.33. The van der Waals surface area contributed by atoms with Gasteiger partial charge in [0, 0.05) is 6.04 Å². The third kappa shape index (κ3) is 3.44. The lowest BCUT2D eigenvalue weighted by Crippen LogP contribution is -2.26. The van der Waals surface area contributed by atoms with E-state index < -0.39 is 0 Å². The number of hydrogen-bond donors (Lipinski definition) is 1. The summed E-state index contributed by atoms with van der Waals surface area (Å²) in [5.41, 5.74) is 11.8. The van der Waals surface area contributed by atoms with E-state index in [4.69, 9.17) is 5.73 Å². The molecule has 1 heteroatoms. The molecule has 2 N–H and O–H groups in total. The van der Waals surface area contributed by atoms with E-state index >= 15 is 0 Å². The Balaban J connectivity index is 2.06. The molecular formula is C16H23N. The van der Waals surface area contributed by atoms with Crippen molar-refractivity contribution in [3.05, 3.63) is 46.5 Å². The van der Waals surface area contributed by atoms with Crippen LogP contribution in [0.5, 0.6) is 0 Å². The van der Waals surface area contributed by atoms with Crippen molar-refractivity contribution in [2.24, 2.45) is 5.73 Å². The van der Waals surface area contributed by atoms with E-state index in [1.54, 1.807) is 0 Å². The van der Waals surface area contributed by atoms with Gasteiger partial charge in [-0.2, -0.15) is 0 Å². The molecule has 0 bridgehead atoms. The maximum atomic E-state index is 6.31. The molecule has 1 unspecified atom stereocenters. The molecule has 0 heterocycles. The first-order valence-electron chi connectivity index (χ1n) is 6.67. The molecule has 2 rings (SSSR count). The topological polar surface area (TPSA) is 26.0 Å². The zero-order chi connectivity index (χ0) is 12.3. The van der Waals surface area contributed by atoms with Crippen molar-refractivity contribution in [1.82, 2.24) is 0 Å². The highest BCUT2D eigenvalue weighted by Gasteiger charge is 2.12. The van der Waals surface area contributed by atoms with Gasteiger partial charge in [-0.3, -0.25) is 0 Å². The highest BCUT2D eigenvalue weighted by Crippen LogP contribution is 2.21. The van der Waals surface area contributed by atoms with Crippen LogP contribution >= 0.6 is 0 Å². The van der Waals surface area contributed by atoms with E-state index in [0.29, 0.717) is 0 Å². The SMILES string of the molecule is Cc1cc(C)cc(CC(N)C2=CCCCC2)c1. The predicted octanol–water partition coefficient (Wildman–Crippen LogP) is 3.67. The van der Waals surface area contributed by atoms with Crippen LogP contribution in [-0.4, -0.2) is 6.04 Å². The number of benzene rings is 1. The summed E-state index contributed by atoms with van der Waals surface area (Å²) in [4.78, 5) is 0. The molecule has 17 heavy (non-hydrogen) atoms. The molecular weight excluding hydrogens is 206 g/mol. The predicted molar refractivity (Wildman–Crippen MR) is 74.1 cm³/mol. The Labute approximate surface area is 105 Å². The van der Waals surface area contributed by atoms with Crippen LogP contribution in [0.2, 0.25) is 0 Å². The zero-order valence-electron chi connectivity index (χ0n) is 11.0. The molecule has 92 valence electrons. The Morgan fingerprint density at radius 3 is 2.41 bits per heavy atom. The molecule has 0 amide bonds. The molecule has 0 spiro atoms. The van der Waals surface area contributed by atoms with E-state index in [1.807, 2.05) is 0 Å². The highest BCUT2D eigenvalue weighted by molar-refractivity contribution is 5.30. The van der Waals surface area contributed by atoms with Gasteiger partial charge in [0.15, 0.2) is 0 Å². The summed E-state index contributed by atoms with van der Waals surface area (Å²) >= 11 is 0. The van der Waals surface area contributed by atoms with Crippen LogP contribution in [0.4, 0.5) is 0 Å². The third-order valence-electron chi connectivity index (χ3n) is 3.54. The van der Waals surface area contributed by atoms with Crippen molar-refractivity contribution >= 4 is 0 Å². The monoisotopic (exact) mass is 229 g/mol. The van der Waals surface area contributed by atoms with Crippen molar-refractivity contribution in [3.8, 4) is 0 Å². The van der Waals surface area contributed by atoms with Gasteiger partial charge >= 0.3 is 0 Å². The number of allylic oxidation sites excluding steroid dienone is 1. The van der Waals surface area contributed by atoms with E-state index in [0.717, 1.165) is 6.42 Å². The molecule has 0 saturated carbocycles. The Morgan fingerprint density at radius 2 is 1.82 bits per heavy atom. The largest absolute Gasteiger partial charge is 0.324 e. The number of hydrogen-bond acceptors (Lipinski definition) is 1. The first-order valence-corrected chi connectivity index (χ1v) is 6.67. The average Bonchev–Trinajstić information content (AvgIpc) is 2.28. The molecule has 1 aliphatic rings. The summed E-state index contributed by atoms with van der Waals surface area (Å²) in [6.07, 6.45) is 8.40. The quantitative estimate of drug-likeness (QED) is 0.786. The molecule has 1 aromatic rings. The fraction of sp³-hybridized carbons (Fsp3) is 0.500. The van der Waals surface area contributed by atoms with Crippen LogP contribution in [0.1, 0.15) is 42.4 Å². The van der Waals surface area contributed by atoms with Crippen molar-refractivity contribution < 1.29 is 0 Å². The maximum absolute atomic E-state index is 6.31. The van der Waals surface area contributed by atoms with Gasteiger partial charge in [-0.05, 0) is 51.5 Å². The maximum Gasteiger partial charge on any atom is 0.0294 e. The molecule has 1 aromatic carbocycles. The minimum atomic E-state index is 0.219. The average molecular weight is 229 g/mol. The van der Waals surface area contributed by atoms with Gasteiger partial charge in [-0.1, -0.05) is 41.0 Å².